The van der Waals surface area contributed by atoms with E-state index in [-0.39, 0.29) is 11.8 Å². The van der Waals surface area contributed by atoms with Gasteiger partial charge >= 0.3 is 0 Å². The lowest BCUT2D eigenvalue weighted by molar-refractivity contribution is -0.141. The summed E-state index contributed by atoms with van der Waals surface area (Å²) in [7, 11) is 0. The number of rotatable bonds is 9. The van der Waals surface area contributed by atoms with E-state index in [4.69, 9.17) is 11.6 Å². The average molecular weight is 353 g/mol. The zero-order valence-corrected chi connectivity index (χ0v) is 15.9. The van der Waals surface area contributed by atoms with Crippen LogP contribution in [0.3, 0.4) is 0 Å². The minimum Gasteiger partial charge on any atom is -0.354 e. The molecule has 0 bridgehead atoms. The van der Waals surface area contributed by atoms with Gasteiger partial charge in [0.15, 0.2) is 0 Å². The second-order valence-corrected chi connectivity index (χ2v) is 6.90. The molecule has 0 aliphatic carbocycles. The van der Waals surface area contributed by atoms with Gasteiger partial charge in [-0.25, -0.2) is 0 Å². The Morgan fingerprint density at radius 2 is 1.79 bits per heavy atom. The molecule has 0 aromatic heterocycles. The maximum absolute atomic E-state index is 12.6. The van der Waals surface area contributed by atoms with Gasteiger partial charge in [-0.1, -0.05) is 51.4 Å². The summed E-state index contributed by atoms with van der Waals surface area (Å²) >= 11 is 5.93. The maximum atomic E-state index is 12.6. The zero-order valence-electron chi connectivity index (χ0n) is 15.1. The monoisotopic (exact) mass is 352 g/mol. The van der Waals surface area contributed by atoms with Crippen molar-refractivity contribution in [3.8, 4) is 0 Å². The summed E-state index contributed by atoms with van der Waals surface area (Å²) in [6.45, 7) is 9.05. The second kappa shape index (κ2) is 10.3. The third kappa shape index (κ3) is 6.52. The van der Waals surface area contributed by atoms with Crippen LogP contribution in [0.15, 0.2) is 24.3 Å². The van der Waals surface area contributed by atoms with Crippen molar-refractivity contribution >= 4 is 23.4 Å². The van der Waals surface area contributed by atoms with Crippen LogP contribution in [-0.2, 0) is 16.1 Å². The van der Waals surface area contributed by atoms with Crippen LogP contribution in [0.2, 0.25) is 5.02 Å². The first kappa shape index (κ1) is 20.5. The lowest BCUT2D eigenvalue weighted by atomic mass is 10.1. The topological polar surface area (TPSA) is 49.4 Å². The molecule has 0 radical (unpaired) electrons. The van der Waals surface area contributed by atoms with Gasteiger partial charge in [0.05, 0.1) is 0 Å². The molecule has 134 valence electrons. The standard InChI is InChI=1S/C19H29ClN2O2/c1-5-7-18(23)22(13-15-8-10-16(20)11-9-15)17(6-2)19(24)21-12-14(3)4/h8-11,14,17H,5-7,12-13H2,1-4H3,(H,21,24). The first-order valence-corrected chi connectivity index (χ1v) is 9.08. The number of nitrogens with zero attached hydrogens (tertiary/aromatic N) is 1. The number of nitrogens with one attached hydrogen (secondary N) is 1. The average Bonchev–Trinajstić information content (AvgIpc) is 2.54. The highest BCUT2D eigenvalue weighted by atomic mass is 35.5. The van der Waals surface area contributed by atoms with Crippen LogP contribution in [0.4, 0.5) is 0 Å². The predicted molar refractivity (Wildman–Crippen MR) is 98.8 cm³/mol. The molecule has 4 nitrogen and oxygen atoms in total. The molecule has 0 fully saturated rings. The molecule has 2 amide bonds. The highest BCUT2D eigenvalue weighted by Gasteiger charge is 2.27. The number of benzene rings is 1. The van der Waals surface area contributed by atoms with E-state index in [1.165, 1.54) is 0 Å². The Hall–Kier alpha value is -1.55. The number of hydrogen-bond donors (Lipinski definition) is 1. The first-order chi connectivity index (χ1) is 11.4. The van der Waals surface area contributed by atoms with Crippen LogP contribution in [0.25, 0.3) is 0 Å². The molecule has 0 aliphatic rings. The Morgan fingerprint density at radius 3 is 2.29 bits per heavy atom. The van der Waals surface area contributed by atoms with Gasteiger partial charge in [-0.15, -0.1) is 0 Å². The van der Waals surface area contributed by atoms with Crippen LogP contribution in [0.5, 0.6) is 0 Å². The predicted octanol–water partition coefficient (Wildman–Crippen LogP) is 4.02. The van der Waals surface area contributed by atoms with E-state index in [9.17, 15) is 9.59 Å². The minimum absolute atomic E-state index is 0.0130. The van der Waals surface area contributed by atoms with E-state index in [2.05, 4.69) is 19.2 Å². The van der Waals surface area contributed by atoms with Gasteiger partial charge in [0.1, 0.15) is 6.04 Å². The van der Waals surface area contributed by atoms with E-state index in [1.54, 1.807) is 17.0 Å². The summed E-state index contributed by atoms with van der Waals surface area (Å²) in [6.07, 6.45) is 1.80. The zero-order chi connectivity index (χ0) is 18.1. The Morgan fingerprint density at radius 1 is 1.17 bits per heavy atom. The Labute approximate surface area is 150 Å². The van der Waals surface area contributed by atoms with Gasteiger partial charge < -0.3 is 10.2 Å². The van der Waals surface area contributed by atoms with Crippen molar-refractivity contribution in [2.45, 2.75) is 59.5 Å². The van der Waals surface area contributed by atoms with E-state index in [0.717, 1.165) is 12.0 Å². The molecule has 5 heteroatoms. The molecule has 1 aromatic rings. The third-order valence-corrected chi connectivity index (χ3v) is 4.05. The molecule has 0 saturated carbocycles. The number of halogens is 1. The first-order valence-electron chi connectivity index (χ1n) is 8.70. The highest BCUT2D eigenvalue weighted by molar-refractivity contribution is 6.30. The largest absolute Gasteiger partial charge is 0.354 e. The lowest BCUT2D eigenvalue weighted by Crippen LogP contribution is -2.49. The summed E-state index contributed by atoms with van der Waals surface area (Å²) in [4.78, 5) is 26.8. The number of carbonyl (C=O) groups is 2. The van der Waals surface area contributed by atoms with Crippen LogP contribution in [0.1, 0.15) is 52.5 Å². The van der Waals surface area contributed by atoms with E-state index in [0.29, 0.717) is 36.9 Å². The van der Waals surface area contributed by atoms with Crippen molar-refractivity contribution in [1.82, 2.24) is 10.2 Å². The summed E-state index contributed by atoms with van der Waals surface area (Å²) in [6, 6.07) is 6.96. The van der Waals surface area contributed by atoms with Crippen LogP contribution >= 0.6 is 11.6 Å². The summed E-state index contributed by atoms with van der Waals surface area (Å²) < 4.78 is 0. The number of amides is 2. The van der Waals surface area contributed by atoms with Crippen molar-refractivity contribution in [3.63, 3.8) is 0 Å². The molecule has 1 aromatic carbocycles. The fourth-order valence-electron chi connectivity index (χ4n) is 2.49. The van der Waals surface area contributed by atoms with E-state index in [1.807, 2.05) is 26.0 Å². The maximum Gasteiger partial charge on any atom is 0.242 e. The molecule has 24 heavy (non-hydrogen) atoms. The van der Waals surface area contributed by atoms with Gasteiger partial charge in [-0.2, -0.15) is 0 Å². The molecule has 1 rings (SSSR count). The SMILES string of the molecule is CCCC(=O)N(Cc1ccc(Cl)cc1)C(CC)C(=O)NCC(C)C. The van der Waals surface area contributed by atoms with Crippen molar-refractivity contribution in [1.29, 1.82) is 0 Å². The van der Waals surface area contributed by atoms with Crippen molar-refractivity contribution in [2.24, 2.45) is 5.92 Å². The quantitative estimate of drug-likeness (QED) is 0.729. The van der Waals surface area contributed by atoms with Gasteiger partial charge in [-0.05, 0) is 36.5 Å². The number of carbonyl (C=O) groups excluding carboxylic acids is 2. The Bertz CT molecular complexity index is 529. The van der Waals surface area contributed by atoms with Crippen LogP contribution < -0.4 is 5.32 Å². The van der Waals surface area contributed by atoms with Crippen LogP contribution in [0, 0.1) is 5.92 Å². The molecular weight excluding hydrogens is 324 g/mol. The van der Waals surface area contributed by atoms with Crippen LogP contribution in [-0.4, -0.2) is 29.3 Å². The molecule has 0 aliphatic heterocycles. The fourth-order valence-corrected chi connectivity index (χ4v) is 2.61. The summed E-state index contributed by atoms with van der Waals surface area (Å²) in [5.74, 6) is 0.311. The van der Waals surface area contributed by atoms with Crippen molar-refractivity contribution in [3.05, 3.63) is 34.9 Å². The van der Waals surface area contributed by atoms with Gasteiger partial charge in [0.25, 0.3) is 0 Å². The van der Waals surface area contributed by atoms with E-state index >= 15 is 0 Å². The number of hydrogen-bond acceptors (Lipinski definition) is 2. The van der Waals surface area contributed by atoms with Crippen molar-refractivity contribution < 1.29 is 9.59 Å². The Kier molecular flexibility index (Phi) is 8.83. The van der Waals surface area contributed by atoms with Crippen molar-refractivity contribution in [2.75, 3.05) is 6.54 Å². The molecular formula is C19H29ClN2O2. The van der Waals surface area contributed by atoms with Gasteiger partial charge in [0.2, 0.25) is 11.8 Å². The highest BCUT2D eigenvalue weighted by Crippen LogP contribution is 2.16. The summed E-state index contributed by atoms with van der Waals surface area (Å²) in [5.41, 5.74) is 0.971. The normalized spacial score (nSPS) is 12.1. The molecule has 1 unspecified atom stereocenters. The molecule has 0 spiro atoms. The fraction of sp³-hybridized carbons (Fsp3) is 0.579. The minimum atomic E-state index is -0.446. The molecule has 0 heterocycles. The molecule has 1 N–H and O–H groups in total. The second-order valence-electron chi connectivity index (χ2n) is 6.46. The third-order valence-electron chi connectivity index (χ3n) is 3.80. The van der Waals surface area contributed by atoms with E-state index < -0.39 is 6.04 Å². The molecule has 0 saturated heterocycles. The Balaban J connectivity index is 2.94. The molecule has 1 atom stereocenters. The van der Waals surface area contributed by atoms with Gasteiger partial charge in [-0.3, -0.25) is 9.59 Å². The lowest BCUT2D eigenvalue weighted by Gasteiger charge is -2.31. The smallest absolute Gasteiger partial charge is 0.242 e. The van der Waals surface area contributed by atoms with Gasteiger partial charge in [0, 0.05) is 24.5 Å². The summed E-state index contributed by atoms with van der Waals surface area (Å²) in [5, 5.41) is 3.61.